The Balaban J connectivity index is 2.10. The van der Waals surface area contributed by atoms with Crippen LogP contribution in [0.5, 0.6) is 0 Å². The average Bonchev–Trinajstić information content (AvgIpc) is 2.46. The lowest BCUT2D eigenvalue weighted by Gasteiger charge is -2.30. The number of nitrogens with zero attached hydrogens (tertiary/aromatic N) is 1. The van der Waals surface area contributed by atoms with E-state index in [1.54, 1.807) is 29.2 Å². The maximum atomic E-state index is 12.2. The molecule has 0 saturated carbocycles. The molecule has 0 aromatic heterocycles. The number of piperidine rings is 1. The van der Waals surface area contributed by atoms with Gasteiger partial charge in [0, 0.05) is 24.2 Å². The van der Waals surface area contributed by atoms with Gasteiger partial charge in [0.2, 0.25) is 0 Å². The van der Waals surface area contributed by atoms with Gasteiger partial charge in [0.05, 0.1) is 5.92 Å². The van der Waals surface area contributed by atoms with Crippen LogP contribution in [0.2, 0.25) is 0 Å². The molecule has 2 rings (SSSR count). The Labute approximate surface area is 112 Å². The van der Waals surface area contributed by atoms with Crippen LogP contribution in [0, 0.1) is 18.3 Å². The number of rotatable bonds is 2. The van der Waals surface area contributed by atoms with Crippen molar-refractivity contribution in [2.45, 2.75) is 12.8 Å². The fraction of sp³-hybridized carbons (Fsp3) is 0.333. The van der Waals surface area contributed by atoms with E-state index in [-0.39, 0.29) is 12.5 Å². The second kappa shape index (κ2) is 5.57. The normalized spacial score (nSPS) is 18.7. The number of carboxylic acids is 1. The molecule has 98 valence electrons. The van der Waals surface area contributed by atoms with Crippen molar-refractivity contribution in [2.24, 2.45) is 5.92 Å². The minimum atomic E-state index is -0.833. The Morgan fingerprint density at radius 3 is 2.58 bits per heavy atom. The lowest BCUT2D eigenvalue weighted by Crippen LogP contribution is -2.42. The topological polar surface area (TPSA) is 57.6 Å². The fourth-order valence-electron chi connectivity index (χ4n) is 2.25. The van der Waals surface area contributed by atoms with Crippen LogP contribution in [0.25, 0.3) is 0 Å². The van der Waals surface area contributed by atoms with E-state index in [9.17, 15) is 9.59 Å². The highest BCUT2D eigenvalue weighted by Crippen LogP contribution is 2.19. The van der Waals surface area contributed by atoms with E-state index >= 15 is 0 Å². The summed E-state index contributed by atoms with van der Waals surface area (Å²) in [5.74, 6) is 1.07. The summed E-state index contributed by atoms with van der Waals surface area (Å²) < 4.78 is 0. The molecular formula is C15H15NO3. The molecule has 1 aromatic rings. The summed E-state index contributed by atoms with van der Waals surface area (Å²) in [6, 6.07) is 6.79. The van der Waals surface area contributed by atoms with Gasteiger partial charge in [0.1, 0.15) is 0 Å². The van der Waals surface area contributed by atoms with E-state index in [0.29, 0.717) is 18.5 Å². The molecule has 19 heavy (non-hydrogen) atoms. The molecule has 1 fully saturated rings. The molecule has 0 spiro atoms. The van der Waals surface area contributed by atoms with Gasteiger partial charge in [-0.1, -0.05) is 5.92 Å². The van der Waals surface area contributed by atoms with Gasteiger partial charge in [0.15, 0.2) is 0 Å². The second-order valence-electron chi connectivity index (χ2n) is 4.65. The van der Waals surface area contributed by atoms with E-state index in [1.807, 2.05) is 0 Å². The molecule has 0 aliphatic carbocycles. The van der Waals surface area contributed by atoms with E-state index < -0.39 is 11.9 Å². The smallest absolute Gasteiger partial charge is 0.308 e. The predicted octanol–water partition coefficient (Wildman–Crippen LogP) is 1.60. The van der Waals surface area contributed by atoms with Gasteiger partial charge in [-0.25, -0.2) is 0 Å². The SMILES string of the molecule is C#Cc1ccc(C(=O)N2CCCC(C(=O)O)C2)cc1. The van der Waals surface area contributed by atoms with Crippen LogP contribution in [0.15, 0.2) is 24.3 Å². The third kappa shape index (κ3) is 2.94. The van der Waals surface area contributed by atoms with Gasteiger partial charge in [-0.05, 0) is 37.1 Å². The van der Waals surface area contributed by atoms with Crippen LogP contribution >= 0.6 is 0 Å². The molecule has 1 aliphatic rings. The van der Waals surface area contributed by atoms with Gasteiger partial charge in [-0.2, -0.15) is 0 Å². The minimum absolute atomic E-state index is 0.130. The second-order valence-corrected chi connectivity index (χ2v) is 4.65. The summed E-state index contributed by atoms with van der Waals surface area (Å²) in [6.45, 7) is 0.893. The largest absolute Gasteiger partial charge is 0.481 e. The zero-order valence-corrected chi connectivity index (χ0v) is 10.5. The third-order valence-electron chi connectivity index (χ3n) is 3.36. The van der Waals surface area contributed by atoms with E-state index in [4.69, 9.17) is 11.5 Å². The number of carbonyl (C=O) groups is 2. The Kier molecular flexibility index (Phi) is 3.86. The number of amides is 1. The predicted molar refractivity (Wildman–Crippen MR) is 70.6 cm³/mol. The quantitative estimate of drug-likeness (QED) is 0.819. The van der Waals surface area contributed by atoms with Gasteiger partial charge >= 0.3 is 5.97 Å². The summed E-state index contributed by atoms with van der Waals surface area (Å²) in [5, 5.41) is 9.02. The number of hydrogen-bond acceptors (Lipinski definition) is 2. The summed E-state index contributed by atoms with van der Waals surface area (Å²) in [4.78, 5) is 24.8. The molecule has 4 heteroatoms. The highest BCUT2D eigenvalue weighted by Gasteiger charge is 2.28. The van der Waals surface area contributed by atoms with Crippen LogP contribution in [0.1, 0.15) is 28.8 Å². The van der Waals surface area contributed by atoms with Gasteiger partial charge in [0.25, 0.3) is 5.91 Å². The Morgan fingerprint density at radius 2 is 2.00 bits per heavy atom. The molecule has 0 radical (unpaired) electrons. The van der Waals surface area contributed by atoms with Gasteiger partial charge in [-0.3, -0.25) is 9.59 Å². The van der Waals surface area contributed by atoms with Gasteiger partial charge in [-0.15, -0.1) is 6.42 Å². The van der Waals surface area contributed by atoms with Crippen molar-refractivity contribution in [3.8, 4) is 12.3 Å². The Morgan fingerprint density at radius 1 is 1.32 bits per heavy atom. The van der Waals surface area contributed by atoms with Crippen molar-refractivity contribution in [3.05, 3.63) is 35.4 Å². The van der Waals surface area contributed by atoms with Crippen LogP contribution in [-0.2, 0) is 4.79 Å². The number of aliphatic carboxylic acids is 1. The number of carboxylic acid groups (broad SMARTS) is 1. The van der Waals surface area contributed by atoms with Crippen LogP contribution < -0.4 is 0 Å². The zero-order valence-electron chi connectivity index (χ0n) is 10.5. The Bertz CT molecular complexity index is 527. The molecular weight excluding hydrogens is 242 g/mol. The van der Waals surface area contributed by atoms with Crippen molar-refractivity contribution < 1.29 is 14.7 Å². The molecule has 1 aliphatic heterocycles. The molecule has 1 unspecified atom stereocenters. The first-order valence-corrected chi connectivity index (χ1v) is 6.20. The molecule has 1 aromatic carbocycles. The molecule has 1 N–H and O–H groups in total. The summed E-state index contributed by atoms with van der Waals surface area (Å²) in [6.07, 6.45) is 6.62. The number of carbonyl (C=O) groups excluding carboxylic acids is 1. The van der Waals surface area contributed by atoms with Crippen molar-refractivity contribution in [1.29, 1.82) is 0 Å². The zero-order chi connectivity index (χ0) is 13.8. The van der Waals surface area contributed by atoms with E-state index in [2.05, 4.69) is 5.92 Å². The monoisotopic (exact) mass is 257 g/mol. The van der Waals surface area contributed by atoms with Crippen molar-refractivity contribution >= 4 is 11.9 Å². The molecule has 1 amide bonds. The van der Waals surface area contributed by atoms with Crippen LogP contribution in [0.4, 0.5) is 0 Å². The van der Waals surface area contributed by atoms with Crippen LogP contribution in [0.3, 0.4) is 0 Å². The fourth-order valence-corrected chi connectivity index (χ4v) is 2.25. The standard InChI is InChI=1S/C15H15NO3/c1-2-11-5-7-12(8-6-11)14(17)16-9-3-4-13(10-16)15(18)19/h1,5-8,13H,3-4,9-10H2,(H,18,19). The lowest BCUT2D eigenvalue weighted by atomic mass is 9.97. The summed E-state index contributed by atoms with van der Waals surface area (Å²) >= 11 is 0. The van der Waals surface area contributed by atoms with Crippen molar-refractivity contribution in [1.82, 2.24) is 4.90 Å². The third-order valence-corrected chi connectivity index (χ3v) is 3.36. The van der Waals surface area contributed by atoms with E-state index in [1.165, 1.54) is 0 Å². The highest BCUT2D eigenvalue weighted by molar-refractivity contribution is 5.94. The van der Waals surface area contributed by atoms with Crippen molar-refractivity contribution in [3.63, 3.8) is 0 Å². The first-order valence-electron chi connectivity index (χ1n) is 6.20. The molecule has 1 heterocycles. The van der Waals surface area contributed by atoms with Crippen LogP contribution in [-0.4, -0.2) is 35.0 Å². The molecule has 1 atom stereocenters. The van der Waals surface area contributed by atoms with Crippen molar-refractivity contribution in [2.75, 3.05) is 13.1 Å². The maximum Gasteiger partial charge on any atom is 0.308 e. The molecule has 0 bridgehead atoms. The molecule has 4 nitrogen and oxygen atoms in total. The average molecular weight is 257 g/mol. The first-order chi connectivity index (χ1) is 9.11. The summed E-state index contributed by atoms with van der Waals surface area (Å²) in [5.41, 5.74) is 1.27. The minimum Gasteiger partial charge on any atom is -0.481 e. The maximum absolute atomic E-state index is 12.2. The number of likely N-dealkylation sites (tertiary alicyclic amines) is 1. The first kappa shape index (κ1) is 13.2. The van der Waals surface area contributed by atoms with Gasteiger partial charge < -0.3 is 10.0 Å². The molecule has 1 saturated heterocycles. The summed E-state index contributed by atoms with van der Waals surface area (Å²) in [7, 11) is 0. The highest BCUT2D eigenvalue weighted by atomic mass is 16.4. The number of benzene rings is 1. The number of hydrogen-bond donors (Lipinski definition) is 1. The lowest BCUT2D eigenvalue weighted by molar-refractivity contribution is -0.143. The Hall–Kier alpha value is -2.28. The number of terminal acetylenes is 1. The van der Waals surface area contributed by atoms with E-state index in [0.717, 1.165) is 12.0 Å².